The lowest BCUT2D eigenvalue weighted by molar-refractivity contribution is -0.439. The molecule has 14 rings (SSSR count). The molecule has 7 aromatic rings. The number of aliphatic imine (C=N–C) groups is 6. The molecule has 0 saturated carbocycles. The van der Waals surface area contributed by atoms with Gasteiger partial charge in [0, 0.05) is 214 Å². The van der Waals surface area contributed by atoms with Crippen molar-refractivity contribution < 1.29 is 66.7 Å². The molecule has 766 valence electrons. The second-order valence-corrected chi connectivity index (χ2v) is 57.5. The molecule has 7 aromatic carbocycles. The van der Waals surface area contributed by atoms with Gasteiger partial charge in [0.1, 0.15) is 6.54 Å². The first-order valence-electron chi connectivity index (χ1n) is 45.8. The van der Waals surface area contributed by atoms with Gasteiger partial charge >= 0.3 is 40.5 Å². The van der Waals surface area contributed by atoms with Gasteiger partial charge in [0.25, 0.3) is 0 Å². The number of fused-ring (bicyclic) bond motifs is 7. The van der Waals surface area contributed by atoms with Gasteiger partial charge in [-0.1, -0.05) is 146 Å². The number of carboxylic acid groups (broad SMARTS) is 5. The highest BCUT2D eigenvalue weighted by molar-refractivity contribution is 14.1. The van der Waals surface area contributed by atoms with E-state index in [-0.39, 0.29) is 70.0 Å². The van der Waals surface area contributed by atoms with Crippen LogP contribution >= 0.6 is 371 Å². The van der Waals surface area contributed by atoms with Crippen LogP contribution in [0.3, 0.4) is 0 Å². The van der Waals surface area contributed by atoms with E-state index in [9.17, 15) is 24.0 Å². The summed E-state index contributed by atoms with van der Waals surface area (Å²) in [6, 6.07) is 23.9. The Hall–Kier alpha value is 1.11. The second kappa shape index (κ2) is 57.2. The molecule has 0 radical (unpaired) electrons. The Morgan fingerprint density at radius 2 is 0.553 bits per heavy atom. The van der Waals surface area contributed by atoms with E-state index in [1.165, 1.54) is 132 Å². The minimum absolute atomic E-state index is 0.000575. The molecule has 0 amide bonds. The zero-order chi connectivity index (χ0) is 106. The Balaban J connectivity index is 0.000000225. The molecule has 0 saturated heterocycles. The van der Waals surface area contributed by atoms with Crippen LogP contribution in [0.15, 0.2) is 106 Å². The van der Waals surface area contributed by atoms with Crippen molar-refractivity contribution in [2.75, 3.05) is 6.54 Å². The number of carboxylic acids is 5. The van der Waals surface area contributed by atoms with E-state index in [0.29, 0.717) is 0 Å². The van der Waals surface area contributed by atoms with Crippen molar-refractivity contribution in [3.63, 3.8) is 0 Å². The average Bonchev–Trinajstić information content (AvgIpc) is 1.56. The number of benzene rings is 7. The predicted octanol–water partition coefficient (Wildman–Crippen LogP) is 35.8. The largest absolute Gasteiger partial charge is 0.481 e. The number of nitrogens with zero attached hydrogens (tertiary/aromatic N) is 7. The van der Waals surface area contributed by atoms with Crippen LogP contribution in [-0.4, -0.2) is 119 Å². The number of aliphatic carboxylic acids is 5. The Kier molecular flexibility index (Phi) is 52.3. The van der Waals surface area contributed by atoms with Gasteiger partial charge in [-0.15, -0.1) is 12.6 Å². The fourth-order valence-corrected chi connectivity index (χ4v) is 35.4. The van der Waals surface area contributed by atoms with Gasteiger partial charge in [-0.25, -0.2) is 0 Å². The number of hydrogen-bond donors (Lipinski definition) is 5. The van der Waals surface area contributed by atoms with Crippen LogP contribution in [-0.2, 0) is 72.5 Å². The molecule has 0 aliphatic carbocycles. The number of halogens is 17. The summed E-state index contributed by atoms with van der Waals surface area (Å²) in [7, 11) is -3.11. The van der Waals surface area contributed by atoms with Gasteiger partial charge < -0.3 is 25.5 Å². The van der Waals surface area contributed by atoms with Crippen LogP contribution in [0.5, 0.6) is 0 Å². The molecule has 7 aliphatic heterocycles. The summed E-state index contributed by atoms with van der Waals surface area (Å²) in [4.78, 5) is 81.5. The van der Waals surface area contributed by atoms with Crippen molar-refractivity contribution in [2.45, 2.75) is 310 Å². The molecule has 38 heteroatoms. The Morgan fingerprint density at radius 3 is 0.908 bits per heavy atom. The molecular formula is C103H117Br2I15N7O13S+. The smallest absolute Gasteiger partial charge is 0.425 e. The number of unbranched alkanes of at least 4 members (excludes halogenated alkanes) is 10. The number of rotatable bonds is 30. The fourth-order valence-electron chi connectivity index (χ4n) is 18.3. The van der Waals surface area contributed by atoms with Crippen molar-refractivity contribution in [2.24, 2.45) is 30.0 Å². The summed E-state index contributed by atoms with van der Waals surface area (Å²) in [5.74, 6) is -3.55. The van der Waals surface area contributed by atoms with Gasteiger partial charge in [-0.05, 0) is 512 Å². The standard InChI is InChI=1S/C22H28I3NO4.C16H19Br2NO2.C16H18I3NO2.C16H19I2NO2.C11H10I3N.2C11H11I2N.O3S/c1-14-22(2,11-7-3-5-9-17(27)28)19-16(13-15(23)20(24)21(19)25)26(14)12-8-4-6-10-18(29)30;1-10-16(2,7-5-3-4-6-14(20)21)15-12(18)8-11(17)9-13(15)19-10;1-9-16(2,7-5-3-4-6-12(21)22)13-11(20-9)8-10(17)14(18)15(13)19;1-10-16(2,7-5-3-4-6-14(20)21)15-12(18)8-11(17)9-13(15)19-10;1-5-11(2,3)8-7(15-5)4-6(12)9(13)10(8)14;2*1-6-11(2,3)10-8(13)4-7(12)5-9(10)14-6;1-4(2)3/h13H,3-12H2,1-2H3,(H-,27,28,29,30);8-9H,3-7H2,1-2H3,(H,20,21);8H,3-7H2,1-2H3,(H,21,22);8-9H,3-7H2,1-2H3,(H,20,21);4H,1-3H3;2*4-5H,1-3H3;/p+1. The van der Waals surface area contributed by atoms with E-state index in [0.717, 1.165) is 177 Å². The van der Waals surface area contributed by atoms with E-state index < -0.39 is 40.5 Å². The first-order chi connectivity index (χ1) is 65.5. The molecule has 7 heterocycles. The van der Waals surface area contributed by atoms with Gasteiger partial charge in [0.2, 0.25) is 5.69 Å². The lowest BCUT2D eigenvalue weighted by atomic mass is 9.76. The van der Waals surface area contributed by atoms with Crippen LogP contribution in [0.1, 0.15) is 311 Å². The highest BCUT2D eigenvalue weighted by atomic mass is 127. The molecule has 0 bridgehead atoms. The van der Waals surface area contributed by atoms with Crippen LogP contribution < -0.4 is 0 Å². The minimum atomic E-state index is -3.11. The normalized spacial score (nSPS) is 18.6. The molecule has 7 aliphatic rings. The van der Waals surface area contributed by atoms with Crippen molar-refractivity contribution >= 4 is 491 Å². The third kappa shape index (κ3) is 33.6. The average molecular weight is 3760 g/mol. The van der Waals surface area contributed by atoms with E-state index in [2.05, 4.69) is 575 Å². The third-order valence-corrected chi connectivity index (χ3v) is 48.4. The third-order valence-electron chi connectivity index (χ3n) is 27.5. The van der Waals surface area contributed by atoms with E-state index in [1.807, 2.05) is 0 Å². The highest BCUT2D eigenvalue weighted by Crippen LogP contribution is 2.55. The molecule has 5 N–H and O–H groups in total. The topological polar surface area (TPSA) is 315 Å². The lowest BCUT2D eigenvalue weighted by Crippen LogP contribution is -2.31. The molecular weight excluding hydrogens is 3640 g/mol. The van der Waals surface area contributed by atoms with Crippen LogP contribution in [0.4, 0.5) is 39.8 Å². The molecule has 4 unspecified atom stereocenters. The molecule has 0 aromatic heterocycles. The van der Waals surface area contributed by atoms with Crippen LogP contribution in [0.2, 0.25) is 0 Å². The number of hydrogen-bond acceptors (Lipinski definition) is 14. The van der Waals surface area contributed by atoms with Gasteiger partial charge in [-0.2, -0.15) is 4.58 Å². The molecule has 4 atom stereocenters. The molecule has 20 nitrogen and oxygen atoms in total. The monoisotopic (exact) mass is 3750 g/mol. The first kappa shape index (κ1) is 129. The summed E-state index contributed by atoms with van der Waals surface area (Å²) < 4.78 is 49.3. The quantitative estimate of drug-likeness (QED) is 0.0121. The van der Waals surface area contributed by atoms with Crippen molar-refractivity contribution in [1.82, 2.24) is 0 Å². The summed E-state index contributed by atoms with van der Waals surface area (Å²) in [5.41, 5.74) is 26.2. The predicted molar refractivity (Wildman–Crippen MR) is 711 cm³/mol. The Morgan fingerprint density at radius 1 is 0.291 bits per heavy atom. The summed E-state index contributed by atoms with van der Waals surface area (Å²) >= 11 is 43.2. The second-order valence-electron chi connectivity index (χ2n) is 38.1. The maximum absolute atomic E-state index is 10.8. The van der Waals surface area contributed by atoms with Gasteiger partial charge in [-0.3, -0.25) is 53.9 Å². The van der Waals surface area contributed by atoms with Crippen LogP contribution in [0, 0.1) is 53.6 Å². The van der Waals surface area contributed by atoms with Gasteiger partial charge in [0.05, 0.1) is 45.1 Å². The van der Waals surface area contributed by atoms with Crippen molar-refractivity contribution in [3.05, 3.63) is 168 Å². The SMILES string of the molecule is CC1=Nc2cc(Br)cc(Br)c2C1(C)CCCCCC(=O)O.CC1=Nc2cc(I)c(I)c(I)c2C1(C)C.CC1=Nc2cc(I)c(I)c(I)c2C1(C)CCCCCC(=O)O.CC1=Nc2cc(I)cc(I)c2C1(C)C.CC1=Nc2cc(I)cc(I)c2C1(C)C.CC1=Nc2cc(I)cc(I)c2C1(C)CCCCCC(=O)O.CC1=[N+](CCCCCC(=O)O)c2cc(I)c(I)c(I)c2C1(C)CCCCCC(=O)O.O=S(=O)=O. The molecule has 0 spiro atoms. The van der Waals surface area contributed by atoms with Gasteiger partial charge in [0.15, 0.2) is 5.71 Å². The Bertz CT molecular complexity index is 6130. The first-order valence-corrected chi connectivity index (χ1v) is 64.6. The molecule has 141 heavy (non-hydrogen) atoms. The number of carbonyl (C=O) groups is 5. The fraction of sp³-hybridized carbons (Fsp3) is 0.476. The van der Waals surface area contributed by atoms with Crippen molar-refractivity contribution in [3.8, 4) is 0 Å². The maximum atomic E-state index is 10.8. The Labute approximate surface area is 1050 Å². The van der Waals surface area contributed by atoms with Crippen LogP contribution in [0.25, 0.3) is 0 Å². The lowest BCUT2D eigenvalue weighted by Gasteiger charge is -2.28. The zero-order valence-electron chi connectivity index (χ0n) is 81.5. The molecule has 0 fully saturated rings. The minimum Gasteiger partial charge on any atom is -0.481 e. The summed E-state index contributed by atoms with van der Waals surface area (Å²) in [6.07, 6.45) is 18.8. The van der Waals surface area contributed by atoms with E-state index in [1.54, 1.807) is 0 Å². The summed E-state index contributed by atoms with van der Waals surface area (Å²) in [5, 5.41) is 43.8. The van der Waals surface area contributed by atoms with E-state index >= 15 is 0 Å². The summed E-state index contributed by atoms with van der Waals surface area (Å²) in [6.45, 7) is 38.4. The zero-order valence-corrected chi connectivity index (χ0v) is 118. The maximum Gasteiger partial charge on any atom is 0.425 e. The highest BCUT2D eigenvalue weighted by Gasteiger charge is 2.49. The van der Waals surface area contributed by atoms with E-state index in [4.69, 9.17) is 53.1 Å². The van der Waals surface area contributed by atoms with Crippen molar-refractivity contribution in [1.29, 1.82) is 0 Å².